The predicted octanol–water partition coefficient (Wildman–Crippen LogP) is 1.95. The first kappa shape index (κ1) is 16.0. The molecule has 17 heavy (non-hydrogen) atoms. The SMILES string of the molecule is CC(C)(C)C(=O)NCCNCc1ccoc1.Cl. The summed E-state index contributed by atoms with van der Waals surface area (Å²) < 4.78 is 4.94. The highest BCUT2D eigenvalue weighted by Crippen LogP contribution is 2.11. The molecule has 0 saturated heterocycles. The molecular formula is C12H21ClN2O2. The lowest BCUT2D eigenvalue weighted by atomic mass is 9.96. The Labute approximate surface area is 109 Å². The Morgan fingerprint density at radius 3 is 2.59 bits per heavy atom. The molecule has 0 aromatic carbocycles. The molecule has 5 heteroatoms. The summed E-state index contributed by atoms with van der Waals surface area (Å²) in [5, 5.41) is 6.10. The summed E-state index contributed by atoms with van der Waals surface area (Å²) in [6.45, 7) is 7.88. The van der Waals surface area contributed by atoms with E-state index in [1.807, 2.05) is 26.8 Å². The Hall–Kier alpha value is -1.00. The lowest BCUT2D eigenvalue weighted by Gasteiger charge is -2.17. The number of carbonyl (C=O) groups excluding carboxylic acids is 1. The summed E-state index contributed by atoms with van der Waals surface area (Å²) in [6, 6.07) is 1.92. The fraction of sp³-hybridized carbons (Fsp3) is 0.583. The minimum absolute atomic E-state index is 0. The molecule has 0 aliphatic rings. The number of furan rings is 1. The van der Waals surface area contributed by atoms with E-state index in [0.29, 0.717) is 6.54 Å². The molecule has 0 bridgehead atoms. The smallest absolute Gasteiger partial charge is 0.225 e. The first-order valence-corrected chi connectivity index (χ1v) is 5.50. The van der Waals surface area contributed by atoms with Gasteiger partial charge in [-0.1, -0.05) is 20.8 Å². The molecule has 0 saturated carbocycles. The highest BCUT2D eigenvalue weighted by Gasteiger charge is 2.19. The van der Waals surface area contributed by atoms with E-state index in [0.717, 1.165) is 18.7 Å². The summed E-state index contributed by atoms with van der Waals surface area (Å²) in [4.78, 5) is 11.5. The Balaban J connectivity index is 0.00000256. The predicted molar refractivity (Wildman–Crippen MR) is 70.1 cm³/mol. The van der Waals surface area contributed by atoms with Gasteiger partial charge in [-0.2, -0.15) is 0 Å². The zero-order valence-corrected chi connectivity index (χ0v) is 11.4. The van der Waals surface area contributed by atoms with Gasteiger partial charge in [-0.05, 0) is 6.07 Å². The Kier molecular flexibility index (Phi) is 6.92. The van der Waals surface area contributed by atoms with Gasteiger partial charge in [0.15, 0.2) is 0 Å². The van der Waals surface area contributed by atoms with Gasteiger partial charge in [0.25, 0.3) is 0 Å². The van der Waals surface area contributed by atoms with Crippen LogP contribution in [0.4, 0.5) is 0 Å². The molecule has 0 unspecified atom stereocenters. The third kappa shape index (κ3) is 6.34. The lowest BCUT2D eigenvalue weighted by Crippen LogP contribution is -2.38. The molecule has 0 atom stereocenters. The molecule has 4 nitrogen and oxygen atoms in total. The average Bonchev–Trinajstić information content (AvgIpc) is 2.68. The minimum Gasteiger partial charge on any atom is -0.472 e. The fourth-order valence-corrected chi connectivity index (χ4v) is 1.16. The first-order valence-electron chi connectivity index (χ1n) is 5.50. The standard InChI is InChI=1S/C12H20N2O2.ClH/c1-12(2,3)11(15)14-6-5-13-8-10-4-7-16-9-10;/h4,7,9,13H,5-6,8H2,1-3H3,(H,14,15);1H. The van der Waals surface area contributed by atoms with E-state index in [4.69, 9.17) is 4.42 Å². The van der Waals surface area contributed by atoms with Crippen LogP contribution < -0.4 is 10.6 Å². The van der Waals surface area contributed by atoms with Gasteiger partial charge in [0.05, 0.1) is 12.5 Å². The third-order valence-corrected chi connectivity index (χ3v) is 2.18. The van der Waals surface area contributed by atoms with Crippen LogP contribution in [0.2, 0.25) is 0 Å². The number of amides is 1. The average molecular weight is 261 g/mol. The van der Waals surface area contributed by atoms with Crippen LogP contribution in [-0.2, 0) is 11.3 Å². The molecule has 1 amide bonds. The zero-order chi connectivity index (χ0) is 12.0. The quantitative estimate of drug-likeness (QED) is 0.796. The molecule has 1 heterocycles. The van der Waals surface area contributed by atoms with Crippen LogP contribution in [0.1, 0.15) is 26.3 Å². The van der Waals surface area contributed by atoms with Crippen LogP contribution in [0.15, 0.2) is 23.0 Å². The molecule has 1 aromatic heterocycles. The van der Waals surface area contributed by atoms with Crippen molar-refractivity contribution < 1.29 is 9.21 Å². The second-order valence-corrected chi connectivity index (χ2v) is 4.81. The van der Waals surface area contributed by atoms with E-state index in [2.05, 4.69) is 10.6 Å². The van der Waals surface area contributed by atoms with E-state index in [1.165, 1.54) is 0 Å². The van der Waals surface area contributed by atoms with Crippen LogP contribution in [0, 0.1) is 5.41 Å². The van der Waals surface area contributed by atoms with Gasteiger partial charge in [0.1, 0.15) is 0 Å². The van der Waals surface area contributed by atoms with Gasteiger partial charge < -0.3 is 15.1 Å². The van der Waals surface area contributed by atoms with Crippen LogP contribution in [0.3, 0.4) is 0 Å². The second-order valence-electron chi connectivity index (χ2n) is 4.81. The van der Waals surface area contributed by atoms with Crippen molar-refractivity contribution in [2.45, 2.75) is 27.3 Å². The summed E-state index contributed by atoms with van der Waals surface area (Å²) in [6.07, 6.45) is 3.36. The Bertz CT molecular complexity index is 318. The molecule has 0 spiro atoms. The number of hydrogen-bond donors (Lipinski definition) is 2. The molecule has 2 N–H and O–H groups in total. The van der Waals surface area contributed by atoms with Gasteiger partial charge in [0, 0.05) is 30.6 Å². The van der Waals surface area contributed by atoms with Crippen LogP contribution in [0.5, 0.6) is 0 Å². The topological polar surface area (TPSA) is 54.3 Å². The summed E-state index contributed by atoms with van der Waals surface area (Å²) in [5.41, 5.74) is 0.798. The molecule has 1 rings (SSSR count). The number of rotatable bonds is 5. The minimum atomic E-state index is -0.315. The van der Waals surface area contributed by atoms with Gasteiger partial charge in [-0.25, -0.2) is 0 Å². The molecular weight excluding hydrogens is 240 g/mol. The first-order chi connectivity index (χ1) is 7.50. The maximum Gasteiger partial charge on any atom is 0.225 e. The Morgan fingerprint density at radius 2 is 2.06 bits per heavy atom. The molecule has 0 aliphatic carbocycles. The van der Waals surface area contributed by atoms with E-state index >= 15 is 0 Å². The molecule has 1 aromatic rings. The maximum atomic E-state index is 11.5. The van der Waals surface area contributed by atoms with E-state index in [9.17, 15) is 4.79 Å². The number of halogens is 1. The van der Waals surface area contributed by atoms with Gasteiger partial charge in [-0.3, -0.25) is 4.79 Å². The van der Waals surface area contributed by atoms with Crippen molar-refractivity contribution in [2.75, 3.05) is 13.1 Å². The number of nitrogens with one attached hydrogen (secondary N) is 2. The molecule has 0 radical (unpaired) electrons. The summed E-state index contributed by atoms with van der Waals surface area (Å²) in [5.74, 6) is 0.0811. The third-order valence-electron chi connectivity index (χ3n) is 2.18. The van der Waals surface area contributed by atoms with Crippen molar-refractivity contribution in [1.29, 1.82) is 0 Å². The normalized spacial score (nSPS) is 10.8. The second kappa shape index (κ2) is 7.35. The van der Waals surface area contributed by atoms with Crippen LogP contribution in [0.25, 0.3) is 0 Å². The fourth-order valence-electron chi connectivity index (χ4n) is 1.16. The van der Waals surface area contributed by atoms with Gasteiger partial charge in [0.2, 0.25) is 5.91 Å². The highest BCUT2D eigenvalue weighted by molar-refractivity contribution is 5.85. The van der Waals surface area contributed by atoms with Crippen molar-refractivity contribution in [3.05, 3.63) is 24.2 Å². The highest BCUT2D eigenvalue weighted by atomic mass is 35.5. The summed E-state index contributed by atoms with van der Waals surface area (Å²) >= 11 is 0. The van der Waals surface area contributed by atoms with Crippen molar-refractivity contribution >= 4 is 18.3 Å². The molecule has 0 aliphatic heterocycles. The maximum absolute atomic E-state index is 11.5. The van der Waals surface area contributed by atoms with Gasteiger partial charge in [-0.15, -0.1) is 12.4 Å². The molecule has 98 valence electrons. The number of carbonyl (C=O) groups is 1. The van der Waals surface area contributed by atoms with Crippen molar-refractivity contribution in [3.63, 3.8) is 0 Å². The number of hydrogen-bond acceptors (Lipinski definition) is 3. The van der Waals surface area contributed by atoms with E-state index < -0.39 is 0 Å². The monoisotopic (exact) mass is 260 g/mol. The summed E-state index contributed by atoms with van der Waals surface area (Å²) in [7, 11) is 0. The van der Waals surface area contributed by atoms with Gasteiger partial charge >= 0.3 is 0 Å². The van der Waals surface area contributed by atoms with Crippen molar-refractivity contribution in [3.8, 4) is 0 Å². The van der Waals surface area contributed by atoms with E-state index in [-0.39, 0.29) is 23.7 Å². The zero-order valence-electron chi connectivity index (χ0n) is 10.6. The van der Waals surface area contributed by atoms with E-state index in [1.54, 1.807) is 12.5 Å². The Morgan fingerprint density at radius 1 is 1.35 bits per heavy atom. The van der Waals surface area contributed by atoms with Crippen molar-refractivity contribution in [1.82, 2.24) is 10.6 Å². The molecule has 0 fully saturated rings. The van der Waals surface area contributed by atoms with Crippen LogP contribution >= 0.6 is 12.4 Å². The largest absolute Gasteiger partial charge is 0.472 e. The lowest BCUT2D eigenvalue weighted by molar-refractivity contribution is -0.128. The van der Waals surface area contributed by atoms with Crippen molar-refractivity contribution in [2.24, 2.45) is 5.41 Å². The van der Waals surface area contributed by atoms with Crippen LogP contribution in [-0.4, -0.2) is 19.0 Å².